The van der Waals surface area contributed by atoms with Crippen molar-refractivity contribution in [1.29, 1.82) is 0 Å². The highest BCUT2D eigenvalue weighted by molar-refractivity contribution is 6.33. The number of benzene rings is 2. The lowest BCUT2D eigenvalue weighted by Crippen LogP contribution is -2.51. The van der Waals surface area contributed by atoms with Gasteiger partial charge in [0.2, 0.25) is 17.8 Å². The number of carbonyl (C=O) groups is 3. The van der Waals surface area contributed by atoms with Gasteiger partial charge >= 0.3 is 0 Å². The smallest absolute Gasteiger partial charge is 0.253 e. The van der Waals surface area contributed by atoms with Gasteiger partial charge in [-0.2, -0.15) is 4.98 Å². The molecule has 0 aliphatic carbocycles. The maximum atomic E-state index is 12.2. The largest absolute Gasteiger partial charge is 0.355 e. The first-order valence-corrected chi connectivity index (χ1v) is 11.9. The molecule has 3 amide bonds. The first-order valence-electron chi connectivity index (χ1n) is 11.5. The number of para-hydroxylation sites is 1. The highest BCUT2D eigenvalue weighted by atomic mass is 35.5. The molecular formula is C26H26ClN7O3. The molecule has 1 fully saturated rings. The minimum Gasteiger partial charge on any atom is -0.355 e. The molecule has 0 saturated carbocycles. The average molecular weight is 520 g/mol. The van der Waals surface area contributed by atoms with E-state index >= 15 is 0 Å². The Morgan fingerprint density at radius 3 is 2.54 bits per heavy atom. The van der Waals surface area contributed by atoms with Gasteiger partial charge < -0.3 is 26.2 Å². The number of rotatable bonds is 9. The van der Waals surface area contributed by atoms with Crippen LogP contribution in [-0.2, 0) is 9.59 Å². The van der Waals surface area contributed by atoms with Crippen LogP contribution >= 0.6 is 11.6 Å². The van der Waals surface area contributed by atoms with Crippen molar-refractivity contribution in [2.75, 3.05) is 37.3 Å². The molecule has 11 heteroatoms. The Hall–Kier alpha value is -4.44. The fourth-order valence-electron chi connectivity index (χ4n) is 3.77. The zero-order valence-electron chi connectivity index (χ0n) is 20.1. The second-order valence-electron chi connectivity index (χ2n) is 8.30. The van der Waals surface area contributed by atoms with E-state index in [1.165, 1.54) is 6.20 Å². The van der Waals surface area contributed by atoms with E-state index in [1.807, 2.05) is 30.3 Å². The Balaban J connectivity index is 1.37. The minimum atomic E-state index is -0.366. The predicted octanol–water partition coefficient (Wildman–Crippen LogP) is 3.20. The van der Waals surface area contributed by atoms with Crippen molar-refractivity contribution in [3.05, 3.63) is 83.5 Å². The predicted molar refractivity (Wildman–Crippen MR) is 142 cm³/mol. The number of anilines is 4. The molecule has 3 aromatic rings. The summed E-state index contributed by atoms with van der Waals surface area (Å²) in [5.74, 6) is 0.206. The number of carbonyl (C=O) groups excluding carboxylic acids is 3. The van der Waals surface area contributed by atoms with E-state index in [2.05, 4.69) is 37.8 Å². The van der Waals surface area contributed by atoms with Crippen LogP contribution in [0.4, 0.5) is 23.1 Å². The Morgan fingerprint density at radius 2 is 1.84 bits per heavy atom. The summed E-state index contributed by atoms with van der Waals surface area (Å²) in [6.45, 7) is 4.53. The third-order valence-electron chi connectivity index (χ3n) is 5.87. The molecule has 1 aliphatic rings. The molecule has 10 nitrogen and oxygen atoms in total. The van der Waals surface area contributed by atoms with Gasteiger partial charge in [0.15, 0.2) is 5.82 Å². The van der Waals surface area contributed by atoms with Gasteiger partial charge in [-0.3, -0.25) is 14.4 Å². The molecule has 190 valence electrons. The van der Waals surface area contributed by atoms with Crippen LogP contribution in [0.25, 0.3) is 0 Å². The molecule has 2 aromatic carbocycles. The molecule has 0 spiro atoms. The second-order valence-corrected chi connectivity index (χ2v) is 8.71. The van der Waals surface area contributed by atoms with Gasteiger partial charge in [0, 0.05) is 31.7 Å². The van der Waals surface area contributed by atoms with E-state index in [0.717, 1.165) is 17.3 Å². The lowest BCUT2D eigenvalue weighted by atomic mass is 9.91. The Morgan fingerprint density at radius 1 is 1.11 bits per heavy atom. The van der Waals surface area contributed by atoms with Crippen molar-refractivity contribution in [2.24, 2.45) is 0 Å². The SMILES string of the molecule is C=CC(=O)NCC(=O)N1CC(c2ccc(Nc3ncc(Cl)c(Nc4ccccc4C(=O)NC)n3)cc2)C1. The average Bonchev–Trinajstić information content (AvgIpc) is 2.89. The fraction of sp³-hybridized carbons (Fsp3) is 0.192. The molecule has 1 aliphatic heterocycles. The van der Waals surface area contributed by atoms with Crippen molar-refractivity contribution < 1.29 is 14.4 Å². The summed E-state index contributed by atoms with van der Waals surface area (Å²) >= 11 is 6.30. The summed E-state index contributed by atoms with van der Waals surface area (Å²) in [4.78, 5) is 45.9. The Labute approximate surface area is 219 Å². The molecule has 0 atom stereocenters. The van der Waals surface area contributed by atoms with E-state index in [0.29, 0.717) is 41.1 Å². The molecule has 37 heavy (non-hydrogen) atoms. The van der Waals surface area contributed by atoms with Crippen molar-refractivity contribution >= 4 is 52.5 Å². The first-order chi connectivity index (χ1) is 17.9. The standard InChI is InChI=1S/C26H26ClN7O3/c1-3-22(35)29-13-23(36)34-14-17(15-34)16-8-10-18(11-9-16)31-26-30-12-20(27)24(33-26)32-21-7-5-4-6-19(21)25(37)28-2/h3-12,17H,1,13-15H2,2H3,(H,28,37)(H,29,35)(H2,30,31,32,33). The molecule has 0 radical (unpaired) electrons. The Kier molecular flexibility index (Phi) is 7.99. The molecule has 0 bridgehead atoms. The number of nitrogens with zero attached hydrogens (tertiary/aromatic N) is 3. The van der Waals surface area contributed by atoms with Crippen LogP contribution in [0.1, 0.15) is 21.8 Å². The van der Waals surface area contributed by atoms with E-state index in [1.54, 1.807) is 30.1 Å². The third kappa shape index (κ3) is 6.22. The molecule has 1 saturated heterocycles. The summed E-state index contributed by atoms with van der Waals surface area (Å²) in [6, 6.07) is 14.9. The molecule has 2 heterocycles. The van der Waals surface area contributed by atoms with Crippen LogP contribution in [0.5, 0.6) is 0 Å². The summed E-state index contributed by atoms with van der Waals surface area (Å²) in [5, 5.41) is 11.7. The monoisotopic (exact) mass is 519 g/mol. The summed E-state index contributed by atoms with van der Waals surface area (Å²) < 4.78 is 0. The number of aromatic nitrogens is 2. The highest BCUT2D eigenvalue weighted by Gasteiger charge is 2.31. The quantitative estimate of drug-likeness (QED) is 0.319. The molecule has 4 N–H and O–H groups in total. The van der Waals surface area contributed by atoms with E-state index in [-0.39, 0.29) is 30.2 Å². The van der Waals surface area contributed by atoms with Crippen LogP contribution in [0.2, 0.25) is 5.02 Å². The summed E-state index contributed by atoms with van der Waals surface area (Å²) in [7, 11) is 1.57. The minimum absolute atomic E-state index is 0.0320. The highest BCUT2D eigenvalue weighted by Crippen LogP contribution is 2.29. The lowest BCUT2D eigenvalue weighted by molar-refractivity contribution is -0.136. The Bertz CT molecular complexity index is 1320. The van der Waals surface area contributed by atoms with Gasteiger partial charge in [0.1, 0.15) is 5.02 Å². The van der Waals surface area contributed by atoms with Gasteiger partial charge in [-0.05, 0) is 35.9 Å². The maximum Gasteiger partial charge on any atom is 0.253 e. The van der Waals surface area contributed by atoms with Gasteiger partial charge in [0.05, 0.1) is 24.0 Å². The number of hydrogen-bond acceptors (Lipinski definition) is 7. The number of nitrogens with one attached hydrogen (secondary N) is 4. The van der Waals surface area contributed by atoms with Crippen LogP contribution in [0.3, 0.4) is 0 Å². The van der Waals surface area contributed by atoms with Gasteiger partial charge in [-0.1, -0.05) is 42.4 Å². The van der Waals surface area contributed by atoms with E-state index in [9.17, 15) is 14.4 Å². The maximum absolute atomic E-state index is 12.2. The van der Waals surface area contributed by atoms with Crippen molar-refractivity contribution in [3.63, 3.8) is 0 Å². The lowest BCUT2D eigenvalue weighted by Gasteiger charge is -2.39. The summed E-state index contributed by atoms with van der Waals surface area (Å²) in [6.07, 6.45) is 2.62. The molecule has 4 rings (SSSR count). The van der Waals surface area contributed by atoms with Crippen molar-refractivity contribution in [3.8, 4) is 0 Å². The van der Waals surface area contributed by atoms with Crippen LogP contribution < -0.4 is 21.3 Å². The van der Waals surface area contributed by atoms with Gasteiger partial charge in [0.25, 0.3) is 5.91 Å². The molecule has 0 unspecified atom stereocenters. The number of halogens is 1. The molecule has 1 aromatic heterocycles. The second kappa shape index (κ2) is 11.5. The fourth-order valence-corrected chi connectivity index (χ4v) is 3.91. The van der Waals surface area contributed by atoms with Crippen LogP contribution in [-0.4, -0.2) is 59.3 Å². The first kappa shape index (κ1) is 25.6. The van der Waals surface area contributed by atoms with Gasteiger partial charge in [-0.15, -0.1) is 0 Å². The van der Waals surface area contributed by atoms with Crippen molar-refractivity contribution in [1.82, 2.24) is 25.5 Å². The number of likely N-dealkylation sites (tertiary alicyclic amines) is 1. The number of amides is 3. The van der Waals surface area contributed by atoms with Crippen molar-refractivity contribution in [2.45, 2.75) is 5.92 Å². The number of hydrogen-bond donors (Lipinski definition) is 4. The molecular weight excluding hydrogens is 494 g/mol. The normalized spacial score (nSPS) is 12.8. The van der Waals surface area contributed by atoms with Crippen LogP contribution in [0.15, 0.2) is 67.4 Å². The third-order valence-corrected chi connectivity index (χ3v) is 6.14. The van der Waals surface area contributed by atoms with Crippen LogP contribution in [0, 0.1) is 0 Å². The summed E-state index contributed by atoms with van der Waals surface area (Å²) in [5.41, 5.74) is 2.91. The zero-order valence-corrected chi connectivity index (χ0v) is 20.9. The van der Waals surface area contributed by atoms with E-state index < -0.39 is 0 Å². The van der Waals surface area contributed by atoms with Gasteiger partial charge in [-0.25, -0.2) is 4.98 Å². The zero-order chi connectivity index (χ0) is 26.4. The van der Waals surface area contributed by atoms with E-state index in [4.69, 9.17) is 11.6 Å². The topological polar surface area (TPSA) is 128 Å².